The average molecular weight is 464 g/mol. The Balaban J connectivity index is 1.30. The van der Waals surface area contributed by atoms with Gasteiger partial charge in [0, 0.05) is 55.9 Å². The van der Waals surface area contributed by atoms with Crippen molar-refractivity contribution in [2.45, 2.75) is 50.1 Å². The first-order valence-corrected chi connectivity index (χ1v) is 12.3. The van der Waals surface area contributed by atoms with Crippen molar-refractivity contribution in [3.05, 3.63) is 63.8 Å². The van der Waals surface area contributed by atoms with Gasteiger partial charge < -0.3 is 19.3 Å². The Bertz CT molecular complexity index is 1130. The molecule has 0 unspecified atom stereocenters. The topological polar surface area (TPSA) is 78.8 Å². The molecule has 1 aromatic heterocycles. The summed E-state index contributed by atoms with van der Waals surface area (Å²) in [6.07, 6.45) is 6.02. The van der Waals surface area contributed by atoms with Crippen molar-refractivity contribution in [3.63, 3.8) is 0 Å². The summed E-state index contributed by atoms with van der Waals surface area (Å²) in [7, 11) is 4.13. The number of rotatable bonds is 3. The lowest BCUT2D eigenvalue weighted by atomic mass is 9.76. The zero-order chi connectivity index (χ0) is 23.9. The van der Waals surface area contributed by atoms with Crippen LogP contribution in [0.1, 0.15) is 58.6 Å². The number of likely N-dealkylation sites (tertiary alicyclic amines) is 2. The molecule has 0 bridgehead atoms. The number of aryl methyl sites for hydroxylation is 1. The van der Waals surface area contributed by atoms with Crippen molar-refractivity contribution in [1.29, 1.82) is 0 Å². The number of piperidine rings is 2. The van der Waals surface area contributed by atoms with E-state index in [1.165, 1.54) is 0 Å². The van der Waals surface area contributed by atoms with Crippen LogP contribution in [0.4, 0.5) is 0 Å². The van der Waals surface area contributed by atoms with Gasteiger partial charge in [-0.2, -0.15) is 4.98 Å². The number of carbonyl (C=O) groups excluding carboxylic acids is 2. The maximum absolute atomic E-state index is 13.1. The van der Waals surface area contributed by atoms with Crippen LogP contribution in [-0.4, -0.2) is 82.4 Å². The standard InChI is InChI=1S/C26H33N5O3/c1-28(2)20-8-13-29(14-9-20)24(34)21-18-31-17-12-26(25(31)27-22(21)32)10-15-30(16-11-26)23(33)19-6-4-3-5-7-19/h3-7,18,20H,8-17H2,1-2H3. The number of hydrogen-bond donors (Lipinski definition) is 0. The molecule has 4 heterocycles. The quantitative estimate of drug-likeness (QED) is 0.696. The minimum Gasteiger partial charge on any atom is -0.339 e. The maximum atomic E-state index is 13.1. The van der Waals surface area contributed by atoms with Crippen molar-refractivity contribution in [2.24, 2.45) is 0 Å². The zero-order valence-corrected chi connectivity index (χ0v) is 20.1. The molecular weight excluding hydrogens is 430 g/mol. The monoisotopic (exact) mass is 463 g/mol. The highest BCUT2D eigenvalue weighted by Gasteiger charge is 2.44. The second kappa shape index (κ2) is 8.98. The Morgan fingerprint density at radius 2 is 1.53 bits per heavy atom. The van der Waals surface area contributed by atoms with Gasteiger partial charge in [-0.25, -0.2) is 0 Å². The first-order valence-electron chi connectivity index (χ1n) is 12.3. The van der Waals surface area contributed by atoms with E-state index < -0.39 is 5.56 Å². The summed E-state index contributed by atoms with van der Waals surface area (Å²) >= 11 is 0. The second-order valence-corrected chi connectivity index (χ2v) is 10.2. The van der Waals surface area contributed by atoms with Gasteiger partial charge in [-0.1, -0.05) is 18.2 Å². The fraction of sp³-hybridized carbons (Fsp3) is 0.538. The smallest absolute Gasteiger partial charge is 0.285 e. The van der Waals surface area contributed by atoms with Gasteiger partial charge in [0.2, 0.25) is 0 Å². The zero-order valence-electron chi connectivity index (χ0n) is 20.1. The molecule has 0 atom stereocenters. The Hall–Kier alpha value is -3.00. The van der Waals surface area contributed by atoms with Gasteiger partial charge >= 0.3 is 0 Å². The minimum absolute atomic E-state index is 0.0535. The van der Waals surface area contributed by atoms with Gasteiger partial charge in [-0.05, 0) is 58.3 Å². The third-order valence-corrected chi connectivity index (χ3v) is 8.04. The summed E-state index contributed by atoms with van der Waals surface area (Å²) in [5.41, 5.74) is 0.270. The van der Waals surface area contributed by atoms with E-state index in [0.717, 1.165) is 44.5 Å². The lowest BCUT2D eigenvalue weighted by molar-refractivity contribution is 0.0650. The van der Waals surface area contributed by atoms with E-state index in [9.17, 15) is 14.4 Å². The fourth-order valence-electron chi connectivity index (χ4n) is 5.81. The molecule has 3 aliphatic heterocycles. The van der Waals surface area contributed by atoms with Crippen molar-refractivity contribution in [2.75, 3.05) is 40.3 Å². The number of nitrogens with zero attached hydrogens (tertiary/aromatic N) is 5. The van der Waals surface area contributed by atoms with E-state index in [1.807, 2.05) is 39.8 Å². The highest BCUT2D eigenvalue weighted by Crippen LogP contribution is 2.42. The molecule has 3 aliphatic rings. The number of amides is 2. The van der Waals surface area contributed by atoms with Crippen LogP contribution in [0.15, 0.2) is 41.3 Å². The lowest BCUT2D eigenvalue weighted by Crippen LogP contribution is -2.46. The van der Waals surface area contributed by atoms with Gasteiger partial charge in [0.1, 0.15) is 11.4 Å². The number of aromatic nitrogens is 2. The van der Waals surface area contributed by atoms with E-state index in [4.69, 9.17) is 0 Å². The highest BCUT2D eigenvalue weighted by atomic mass is 16.2. The molecule has 2 fully saturated rings. The predicted molar refractivity (Wildman–Crippen MR) is 129 cm³/mol. The predicted octanol–water partition coefficient (Wildman–Crippen LogP) is 1.99. The van der Waals surface area contributed by atoms with Gasteiger partial charge in [0.05, 0.1) is 0 Å². The van der Waals surface area contributed by atoms with Crippen LogP contribution in [0.5, 0.6) is 0 Å². The maximum Gasteiger partial charge on any atom is 0.285 e. The summed E-state index contributed by atoms with van der Waals surface area (Å²) in [6.45, 7) is 3.37. The number of fused-ring (bicyclic) bond motifs is 2. The molecule has 2 amide bonds. The molecule has 8 heteroatoms. The first-order chi connectivity index (χ1) is 16.4. The van der Waals surface area contributed by atoms with E-state index in [-0.39, 0.29) is 22.8 Å². The Kier molecular flexibility index (Phi) is 6.02. The molecule has 8 nitrogen and oxygen atoms in total. The largest absolute Gasteiger partial charge is 0.339 e. The molecule has 2 aromatic rings. The molecule has 1 aromatic carbocycles. The summed E-state index contributed by atoms with van der Waals surface area (Å²) in [5.74, 6) is 0.638. The van der Waals surface area contributed by atoms with Crippen LogP contribution in [0, 0.1) is 0 Å². The first kappa shape index (κ1) is 22.8. The molecule has 180 valence electrons. The van der Waals surface area contributed by atoms with Gasteiger partial charge in [-0.3, -0.25) is 14.4 Å². The molecule has 1 spiro atoms. The third-order valence-electron chi connectivity index (χ3n) is 8.04. The van der Waals surface area contributed by atoms with Gasteiger partial charge in [-0.15, -0.1) is 0 Å². The van der Waals surface area contributed by atoms with Gasteiger partial charge in [0.15, 0.2) is 0 Å². The summed E-state index contributed by atoms with van der Waals surface area (Å²) in [6, 6.07) is 9.84. The van der Waals surface area contributed by atoms with E-state index in [0.29, 0.717) is 37.8 Å². The second-order valence-electron chi connectivity index (χ2n) is 10.2. The van der Waals surface area contributed by atoms with E-state index in [1.54, 1.807) is 11.1 Å². The van der Waals surface area contributed by atoms with Crippen molar-refractivity contribution >= 4 is 11.8 Å². The van der Waals surface area contributed by atoms with Crippen molar-refractivity contribution in [1.82, 2.24) is 24.3 Å². The third kappa shape index (κ3) is 4.04. The normalized spacial score (nSPS) is 20.1. The SMILES string of the molecule is CN(C)C1CCN(C(=O)c2cn3c(nc2=O)C2(CCN(C(=O)c4ccccc4)CC2)CC3)CC1. The Morgan fingerprint density at radius 1 is 0.912 bits per heavy atom. The molecule has 5 rings (SSSR count). The van der Waals surface area contributed by atoms with Crippen molar-refractivity contribution < 1.29 is 9.59 Å². The lowest BCUT2D eigenvalue weighted by Gasteiger charge is -2.38. The summed E-state index contributed by atoms with van der Waals surface area (Å²) < 4.78 is 2.01. The van der Waals surface area contributed by atoms with Crippen LogP contribution in [0.2, 0.25) is 0 Å². The molecule has 34 heavy (non-hydrogen) atoms. The summed E-state index contributed by atoms with van der Waals surface area (Å²) in [5, 5.41) is 0. The fourth-order valence-corrected chi connectivity index (χ4v) is 5.81. The average Bonchev–Trinajstić information content (AvgIpc) is 3.20. The van der Waals surface area contributed by atoms with Crippen LogP contribution < -0.4 is 5.56 Å². The van der Waals surface area contributed by atoms with Crippen molar-refractivity contribution in [3.8, 4) is 0 Å². The summed E-state index contributed by atoms with van der Waals surface area (Å²) in [4.78, 5) is 49.3. The molecule has 0 radical (unpaired) electrons. The van der Waals surface area contributed by atoms with E-state index in [2.05, 4.69) is 24.0 Å². The Labute approximate surface area is 200 Å². The minimum atomic E-state index is -0.421. The van der Waals surface area contributed by atoms with Crippen LogP contribution in [0.3, 0.4) is 0 Å². The van der Waals surface area contributed by atoms with Gasteiger partial charge in [0.25, 0.3) is 17.4 Å². The molecule has 0 saturated carbocycles. The van der Waals surface area contributed by atoms with Crippen LogP contribution in [0.25, 0.3) is 0 Å². The molecule has 0 N–H and O–H groups in total. The molecule has 2 saturated heterocycles. The number of hydrogen-bond acceptors (Lipinski definition) is 5. The van der Waals surface area contributed by atoms with Crippen LogP contribution >= 0.6 is 0 Å². The Morgan fingerprint density at radius 3 is 2.18 bits per heavy atom. The highest BCUT2D eigenvalue weighted by molar-refractivity contribution is 5.94. The number of carbonyl (C=O) groups is 2. The molecule has 0 aliphatic carbocycles. The van der Waals surface area contributed by atoms with Crippen LogP contribution in [-0.2, 0) is 12.0 Å². The van der Waals surface area contributed by atoms with E-state index >= 15 is 0 Å². The molecular formula is C26H33N5O3. The number of benzene rings is 1.